The maximum atomic E-state index is 11.5. The van der Waals surface area contributed by atoms with Crippen molar-refractivity contribution in [2.45, 2.75) is 25.3 Å². The van der Waals surface area contributed by atoms with Crippen LogP contribution in [0.2, 0.25) is 0 Å². The fraction of sp³-hybridized carbons (Fsp3) is 0.500. The largest absolute Gasteiger partial charge is 0.484 e. The average Bonchev–Trinajstić information content (AvgIpc) is 2.91. The number of para-hydroxylation sites is 1. The van der Waals surface area contributed by atoms with Gasteiger partial charge < -0.3 is 15.4 Å². The highest BCUT2D eigenvalue weighted by Crippen LogP contribution is 2.08. The second kappa shape index (κ2) is 7.01. The molecular weight excluding hydrogens is 228 g/mol. The van der Waals surface area contributed by atoms with Gasteiger partial charge in [-0.2, -0.15) is 0 Å². The third-order valence-electron chi connectivity index (χ3n) is 3.09. The van der Waals surface area contributed by atoms with Gasteiger partial charge in [0.25, 0.3) is 5.91 Å². The van der Waals surface area contributed by atoms with E-state index in [9.17, 15) is 4.79 Å². The first-order valence-electron chi connectivity index (χ1n) is 6.52. The number of nitrogens with one attached hydrogen (secondary N) is 2. The van der Waals surface area contributed by atoms with E-state index in [1.807, 2.05) is 30.3 Å². The predicted molar refractivity (Wildman–Crippen MR) is 70.6 cm³/mol. The van der Waals surface area contributed by atoms with Crippen molar-refractivity contribution >= 4 is 5.91 Å². The zero-order chi connectivity index (χ0) is 12.6. The van der Waals surface area contributed by atoms with Crippen LogP contribution in [0.1, 0.15) is 19.3 Å². The molecule has 0 bridgehead atoms. The van der Waals surface area contributed by atoms with Crippen LogP contribution in [0.4, 0.5) is 0 Å². The zero-order valence-corrected chi connectivity index (χ0v) is 10.5. The van der Waals surface area contributed by atoms with Crippen LogP contribution in [0, 0.1) is 0 Å². The lowest BCUT2D eigenvalue weighted by molar-refractivity contribution is -0.123. The molecule has 1 aliphatic heterocycles. The normalized spacial score (nSPS) is 18.6. The van der Waals surface area contributed by atoms with Crippen molar-refractivity contribution in [1.82, 2.24) is 10.6 Å². The van der Waals surface area contributed by atoms with E-state index >= 15 is 0 Å². The first-order chi connectivity index (χ1) is 8.84. The summed E-state index contributed by atoms with van der Waals surface area (Å²) in [6, 6.07) is 9.95. The number of rotatable bonds is 6. The molecule has 1 amide bonds. The highest BCUT2D eigenvalue weighted by atomic mass is 16.5. The average molecular weight is 248 g/mol. The molecule has 0 unspecified atom stereocenters. The molecule has 98 valence electrons. The molecule has 18 heavy (non-hydrogen) atoms. The van der Waals surface area contributed by atoms with Gasteiger partial charge in [-0.15, -0.1) is 0 Å². The quantitative estimate of drug-likeness (QED) is 0.798. The van der Waals surface area contributed by atoms with Crippen molar-refractivity contribution in [3.8, 4) is 5.75 Å². The van der Waals surface area contributed by atoms with Gasteiger partial charge >= 0.3 is 0 Å². The Kier molecular flexibility index (Phi) is 5.02. The lowest BCUT2D eigenvalue weighted by Gasteiger charge is -2.11. The summed E-state index contributed by atoms with van der Waals surface area (Å²) in [6.45, 7) is 1.91. The number of carbonyl (C=O) groups excluding carboxylic acids is 1. The molecule has 2 rings (SSSR count). The minimum atomic E-state index is -0.0585. The van der Waals surface area contributed by atoms with Gasteiger partial charge in [-0.25, -0.2) is 0 Å². The van der Waals surface area contributed by atoms with Crippen LogP contribution in [0.15, 0.2) is 30.3 Å². The first-order valence-corrected chi connectivity index (χ1v) is 6.52. The van der Waals surface area contributed by atoms with E-state index in [1.54, 1.807) is 0 Å². The summed E-state index contributed by atoms with van der Waals surface area (Å²) in [7, 11) is 0. The van der Waals surface area contributed by atoms with Crippen molar-refractivity contribution in [2.24, 2.45) is 0 Å². The minimum absolute atomic E-state index is 0.0585. The van der Waals surface area contributed by atoms with Crippen LogP contribution in [0.3, 0.4) is 0 Å². The van der Waals surface area contributed by atoms with Gasteiger partial charge in [0.1, 0.15) is 5.75 Å². The van der Waals surface area contributed by atoms with Gasteiger partial charge in [-0.1, -0.05) is 18.2 Å². The van der Waals surface area contributed by atoms with Crippen molar-refractivity contribution in [2.75, 3.05) is 19.7 Å². The first kappa shape index (κ1) is 12.9. The number of hydrogen-bond acceptors (Lipinski definition) is 3. The summed E-state index contributed by atoms with van der Waals surface area (Å²) in [5.41, 5.74) is 0. The molecule has 1 saturated heterocycles. The van der Waals surface area contributed by atoms with Crippen LogP contribution in [-0.4, -0.2) is 31.6 Å². The van der Waals surface area contributed by atoms with Gasteiger partial charge in [0, 0.05) is 12.6 Å². The van der Waals surface area contributed by atoms with E-state index in [2.05, 4.69) is 10.6 Å². The van der Waals surface area contributed by atoms with Crippen molar-refractivity contribution in [1.29, 1.82) is 0 Å². The zero-order valence-electron chi connectivity index (χ0n) is 10.5. The minimum Gasteiger partial charge on any atom is -0.484 e. The third kappa shape index (κ3) is 4.37. The Morgan fingerprint density at radius 1 is 1.39 bits per heavy atom. The lowest BCUT2D eigenvalue weighted by atomic mass is 10.1. The molecule has 0 aromatic heterocycles. The molecule has 1 heterocycles. The Balaban J connectivity index is 1.57. The van der Waals surface area contributed by atoms with E-state index in [1.165, 1.54) is 12.8 Å². The Morgan fingerprint density at radius 3 is 2.94 bits per heavy atom. The summed E-state index contributed by atoms with van der Waals surface area (Å²) >= 11 is 0. The standard InChI is InChI=1S/C14H20N2O2/c17-14(11-18-13-6-2-1-3-7-13)16-10-8-12-5-4-9-15-12/h1-3,6-7,12,15H,4-5,8-11H2,(H,16,17)/t12-/m0/s1. The number of hydrogen-bond donors (Lipinski definition) is 2. The second-order valence-electron chi connectivity index (χ2n) is 4.53. The maximum absolute atomic E-state index is 11.5. The molecule has 0 spiro atoms. The van der Waals surface area contributed by atoms with Gasteiger partial charge in [0.15, 0.2) is 6.61 Å². The van der Waals surface area contributed by atoms with E-state index in [0.29, 0.717) is 12.6 Å². The fourth-order valence-corrected chi connectivity index (χ4v) is 2.11. The van der Waals surface area contributed by atoms with Crippen LogP contribution in [-0.2, 0) is 4.79 Å². The summed E-state index contributed by atoms with van der Waals surface area (Å²) in [5, 5.41) is 6.28. The van der Waals surface area contributed by atoms with Gasteiger partial charge in [-0.05, 0) is 37.9 Å². The Labute approximate surface area is 108 Å². The van der Waals surface area contributed by atoms with Crippen molar-refractivity contribution in [3.63, 3.8) is 0 Å². The smallest absolute Gasteiger partial charge is 0.257 e. The summed E-state index contributed by atoms with van der Waals surface area (Å²) in [4.78, 5) is 11.5. The molecule has 4 nitrogen and oxygen atoms in total. The number of ether oxygens (including phenoxy) is 1. The number of carbonyl (C=O) groups is 1. The Bertz CT molecular complexity index is 361. The molecule has 2 N–H and O–H groups in total. The summed E-state index contributed by atoms with van der Waals surface area (Å²) in [5.74, 6) is 0.668. The number of benzene rings is 1. The molecule has 0 radical (unpaired) electrons. The SMILES string of the molecule is O=C(COc1ccccc1)NCC[C@@H]1CCCN1. The Hall–Kier alpha value is -1.55. The molecule has 1 fully saturated rings. The Morgan fingerprint density at radius 2 is 2.22 bits per heavy atom. The molecule has 1 aromatic rings. The van der Waals surface area contributed by atoms with Crippen molar-refractivity contribution in [3.05, 3.63) is 30.3 Å². The van der Waals surface area contributed by atoms with E-state index in [0.717, 1.165) is 18.7 Å². The topological polar surface area (TPSA) is 50.4 Å². The van der Waals surface area contributed by atoms with Crippen molar-refractivity contribution < 1.29 is 9.53 Å². The number of amides is 1. The van der Waals surface area contributed by atoms with E-state index in [-0.39, 0.29) is 12.5 Å². The molecule has 0 aliphatic carbocycles. The lowest BCUT2D eigenvalue weighted by Crippen LogP contribution is -2.33. The molecule has 1 aliphatic rings. The molecule has 1 atom stereocenters. The molecule has 4 heteroatoms. The fourth-order valence-electron chi connectivity index (χ4n) is 2.11. The maximum Gasteiger partial charge on any atom is 0.257 e. The summed E-state index contributed by atoms with van der Waals surface area (Å²) in [6.07, 6.45) is 3.46. The monoisotopic (exact) mass is 248 g/mol. The molecule has 0 saturated carbocycles. The second-order valence-corrected chi connectivity index (χ2v) is 4.53. The van der Waals surface area contributed by atoms with Crippen LogP contribution in [0.25, 0.3) is 0 Å². The van der Waals surface area contributed by atoms with Crippen LogP contribution < -0.4 is 15.4 Å². The predicted octanol–water partition coefficient (Wildman–Crippen LogP) is 1.32. The van der Waals surface area contributed by atoms with E-state index < -0.39 is 0 Å². The third-order valence-corrected chi connectivity index (χ3v) is 3.09. The van der Waals surface area contributed by atoms with Gasteiger partial charge in [0.2, 0.25) is 0 Å². The molecular formula is C14H20N2O2. The molecule has 1 aromatic carbocycles. The summed E-state index contributed by atoms with van der Waals surface area (Å²) < 4.78 is 5.36. The van der Waals surface area contributed by atoms with Crippen LogP contribution in [0.5, 0.6) is 5.75 Å². The van der Waals surface area contributed by atoms with Gasteiger partial charge in [0.05, 0.1) is 0 Å². The van der Waals surface area contributed by atoms with E-state index in [4.69, 9.17) is 4.74 Å². The highest BCUT2D eigenvalue weighted by Gasteiger charge is 2.13. The van der Waals surface area contributed by atoms with Gasteiger partial charge in [-0.3, -0.25) is 4.79 Å². The van der Waals surface area contributed by atoms with Crippen LogP contribution >= 0.6 is 0 Å². The highest BCUT2D eigenvalue weighted by molar-refractivity contribution is 5.77.